The van der Waals surface area contributed by atoms with E-state index in [1.54, 1.807) is 0 Å². The summed E-state index contributed by atoms with van der Waals surface area (Å²) in [6.07, 6.45) is 0. The molecule has 0 spiro atoms. The first-order valence-electron chi connectivity index (χ1n) is 7.50. The van der Waals surface area contributed by atoms with E-state index in [0.717, 1.165) is 40.6 Å². The molecule has 6 heteroatoms. The van der Waals surface area contributed by atoms with Crippen molar-refractivity contribution in [3.05, 3.63) is 48.0 Å². The molecule has 0 radical (unpaired) electrons. The first kappa shape index (κ1) is 15.4. The van der Waals surface area contributed by atoms with Gasteiger partial charge >= 0.3 is 0 Å². The number of hydrogen-bond acceptors (Lipinski definition) is 5. The number of benzene rings is 2. The molecule has 1 heterocycles. The summed E-state index contributed by atoms with van der Waals surface area (Å²) in [4.78, 5) is 14.5. The number of amides is 1. The highest BCUT2D eigenvalue weighted by Gasteiger charge is 2.13. The number of likely N-dealkylation sites (N-methyl/N-ethyl adjacent to an activating group) is 1. The third kappa shape index (κ3) is 3.32. The summed E-state index contributed by atoms with van der Waals surface area (Å²) < 4.78 is 8.44. The minimum absolute atomic E-state index is 0.0596. The molecule has 0 unspecified atom stereocenters. The van der Waals surface area contributed by atoms with Gasteiger partial charge in [0.15, 0.2) is 0 Å². The second-order valence-electron chi connectivity index (χ2n) is 5.29. The normalized spacial score (nSPS) is 10.7. The van der Waals surface area contributed by atoms with Gasteiger partial charge in [0.05, 0.1) is 24.0 Å². The van der Waals surface area contributed by atoms with Crippen LogP contribution in [0.2, 0.25) is 0 Å². The highest BCUT2D eigenvalue weighted by atomic mass is 32.1. The largest absolute Gasteiger partial charge is 0.362 e. The van der Waals surface area contributed by atoms with Gasteiger partial charge in [-0.15, -0.1) is 0 Å². The summed E-state index contributed by atoms with van der Waals surface area (Å²) in [5, 5.41) is 2.95. The van der Waals surface area contributed by atoms with E-state index in [0.29, 0.717) is 12.2 Å². The number of nitrogens with one attached hydrogen (secondary N) is 1. The van der Waals surface area contributed by atoms with Crippen LogP contribution in [0.25, 0.3) is 11.0 Å². The van der Waals surface area contributed by atoms with Crippen LogP contribution >= 0.6 is 11.7 Å². The topological polar surface area (TPSA) is 58.1 Å². The number of aromatic nitrogens is 2. The van der Waals surface area contributed by atoms with Crippen LogP contribution < -0.4 is 10.2 Å². The first-order valence-corrected chi connectivity index (χ1v) is 8.23. The summed E-state index contributed by atoms with van der Waals surface area (Å²) in [5.41, 5.74) is 4.50. The maximum Gasteiger partial charge on any atom is 0.243 e. The van der Waals surface area contributed by atoms with Gasteiger partial charge in [-0.2, -0.15) is 8.75 Å². The van der Waals surface area contributed by atoms with E-state index in [2.05, 4.69) is 32.0 Å². The highest BCUT2D eigenvalue weighted by molar-refractivity contribution is 7.00. The lowest BCUT2D eigenvalue weighted by Gasteiger charge is -2.24. The molecule has 0 saturated carbocycles. The number of hydrogen-bond donors (Lipinski definition) is 1. The van der Waals surface area contributed by atoms with Crippen LogP contribution in [-0.4, -0.2) is 27.7 Å². The van der Waals surface area contributed by atoms with E-state index < -0.39 is 0 Å². The van der Waals surface area contributed by atoms with Gasteiger partial charge in [-0.3, -0.25) is 4.79 Å². The van der Waals surface area contributed by atoms with E-state index in [1.807, 2.05) is 43.3 Å². The molecule has 23 heavy (non-hydrogen) atoms. The van der Waals surface area contributed by atoms with Crippen LogP contribution in [0, 0.1) is 6.92 Å². The number of para-hydroxylation sites is 1. The molecular weight excluding hydrogens is 308 g/mol. The molecule has 1 N–H and O–H groups in total. The Morgan fingerprint density at radius 1 is 1.17 bits per heavy atom. The Bertz CT molecular complexity index is 830. The minimum atomic E-state index is -0.0596. The average Bonchev–Trinajstić information content (AvgIpc) is 3.03. The number of nitrogens with zero attached hydrogens (tertiary/aromatic N) is 3. The molecule has 1 amide bonds. The lowest BCUT2D eigenvalue weighted by molar-refractivity contribution is -0.115. The molecule has 0 aliphatic carbocycles. The molecule has 2 aromatic carbocycles. The molecule has 0 bridgehead atoms. The quantitative estimate of drug-likeness (QED) is 0.780. The Labute approximate surface area is 139 Å². The van der Waals surface area contributed by atoms with Crippen LogP contribution in [0.1, 0.15) is 12.5 Å². The number of anilines is 2. The Hall–Kier alpha value is -2.47. The number of fused-ring (bicyclic) bond motifs is 1. The molecule has 0 atom stereocenters. The molecule has 0 fully saturated rings. The minimum Gasteiger partial charge on any atom is -0.362 e. The van der Waals surface area contributed by atoms with E-state index in [9.17, 15) is 4.79 Å². The Morgan fingerprint density at radius 3 is 2.78 bits per heavy atom. The fraction of sp³-hybridized carbons (Fsp3) is 0.235. The van der Waals surface area contributed by atoms with E-state index in [-0.39, 0.29) is 5.91 Å². The van der Waals surface area contributed by atoms with Crippen molar-refractivity contribution >= 4 is 40.0 Å². The summed E-state index contributed by atoms with van der Waals surface area (Å²) >= 11 is 1.15. The Morgan fingerprint density at radius 2 is 2.00 bits per heavy atom. The van der Waals surface area contributed by atoms with Crippen molar-refractivity contribution in [2.45, 2.75) is 13.8 Å². The summed E-state index contributed by atoms with van der Waals surface area (Å²) in [6, 6.07) is 13.7. The molecule has 0 saturated heterocycles. The molecule has 0 aliphatic heterocycles. The molecule has 5 nitrogen and oxygen atoms in total. The fourth-order valence-corrected chi connectivity index (χ4v) is 3.11. The van der Waals surface area contributed by atoms with Gasteiger partial charge in [-0.05, 0) is 37.6 Å². The van der Waals surface area contributed by atoms with Gasteiger partial charge < -0.3 is 10.2 Å². The molecule has 0 aliphatic rings. The van der Waals surface area contributed by atoms with Gasteiger partial charge in [0.1, 0.15) is 11.0 Å². The lowest BCUT2D eigenvalue weighted by atomic mass is 10.2. The maximum absolute atomic E-state index is 12.4. The van der Waals surface area contributed by atoms with Crippen LogP contribution in [-0.2, 0) is 4.79 Å². The van der Waals surface area contributed by atoms with Crippen molar-refractivity contribution in [2.75, 3.05) is 23.3 Å². The second kappa shape index (κ2) is 6.75. The first-order chi connectivity index (χ1) is 11.2. The SMILES string of the molecule is CCN(CC(=O)Nc1cccc2nsnc12)c1ccccc1C. The van der Waals surface area contributed by atoms with Gasteiger partial charge in [0.2, 0.25) is 5.91 Å². The van der Waals surface area contributed by atoms with Crippen molar-refractivity contribution in [3.63, 3.8) is 0 Å². The average molecular weight is 326 g/mol. The van der Waals surface area contributed by atoms with Crippen molar-refractivity contribution in [2.24, 2.45) is 0 Å². The molecular formula is C17H18N4OS. The molecule has 1 aromatic heterocycles. The molecule has 3 aromatic rings. The summed E-state index contributed by atoms with van der Waals surface area (Å²) in [5.74, 6) is -0.0596. The fourth-order valence-electron chi connectivity index (χ4n) is 2.56. The molecule has 118 valence electrons. The Balaban J connectivity index is 1.76. The zero-order chi connectivity index (χ0) is 16.2. The van der Waals surface area contributed by atoms with E-state index in [1.165, 1.54) is 0 Å². The predicted octanol–water partition coefficient (Wildman–Crippen LogP) is 3.46. The van der Waals surface area contributed by atoms with Gasteiger partial charge in [0.25, 0.3) is 0 Å². The van der Waals surface area contributed by atoms with Gasteiger partial charge in [-0.25, -0.2) is 0 Å². The number of aryl methyl sites for hydroxylation is 1. The summed E-state index contributed by atoms with van der Waals surface area (Å²) in [6.45, 7) is 5.17. The molecule has 3 rings (SSSR count). The smallest absolute Gasteiger partial charge is 0.243 e. The number of rotatable bonds is 5. The number of carbonyl (C=O) groups is 1. The Kier molecular flexibility index (Phi) is 4.52. The van der Waals surface area contributed by atoms with Crippen LogP contribution in [0.3, 0.4) is 0 Å². The monoisotopic (exact) mass is 326 g/mol. The van der Waals surface area contributed by atoms with Gasteiger partial charge in [0, 0.05) is 12.2 Å². The standard InChI is InChI=1S/C17H18N4OS/c1-3-21(15-10-5-4-7-12(15)2)11-16(22)18-13-8-6-9-14-17(13)20-23-19-14/h4-10H,3,11H2,1-2H3,(H,18,22). The van der Waals surface area contributed by atoms with Crippen LogP contribution in [0.5, 0.6) is 0 Å². The zero-order valence-corrected chi connectivity index (χ0v) is 13.9. The van der Waals surface area contributed by atoms with Crippen molar-refractivity contribution in [1.29, 1.82) is 0 Å². The zero-order valence-electron chi connectivity index (χ0n) is 13.1. The van der Waals surface area contributed by atoms with E-state index in [4.69, 9.17) is 0 Å². The van der Waals surface area contributed by atoms with Crippen molar-refractivity contribution in [1.82, 2.24) is 8.75 Å². The summed E-state index contributed by atoms with van der Waals surface area (Å²) in [7, 11) is 0. The maximum atomic E-state index is 12.4. The van der Waals surface area contributed by atoms with Gasteiger partial charge in [-0.1, -0.05) is 24.3 Å². The highest BCUT2D eigenvalue weighted by Crippen LogP contribution is 2.22. The third-order valence-corrected chi connectivity index (χ3v) is 4.27. The van der Waals surface area contributed by atoms with Crippen molar-refractivity contribution < 1.29 is 4.79 Å². The third-order valence-electron chi connectivity index (χ3n) is 3.73. The number of carbonyl (C=O) groups excluding carboxylic acids is 1. The van der Waals surface area contributed by atoms with Crippen molar-refractivity contribution in [3.8, 4) is 0 Å². The lowest BCUT2D eigenvalue weighted by Crippen LogP contribution is -2.33. The van der Waals surface area contributed by atoms with E-state index >= 15 is 0 Å². The second-order valence-corrected chi connectivity index (χ2v) is 5.81. The predicted molar refractivity (Wildman–Crippen MR) is 95.1 cm³/mol. The van der Waals surface area contributed by atoms with Crippen LogP contribution in [0.4, 0.5) is 11.4 Å². The van der Waals surface area contributed by atoms with Crippen LogP contribution in [0.15, 0.2) is 42.5 Å².